The van der Waals surface area contributed by atoms with E-state index in [4.69, 9.17) is 5.21 Å². The van der Waals surface area contributed by atoms with E-state index >= 15 is 0 Å². The fourth-order valence-corrected chi connectivity index (χ4v) is 1.16. The zero-order valence-corrected chi connectivity index (χ0v) is 6.96. The number of aryl methyl sites for hydroxylation is 2. The third-order valence-electron chi connectivity index (χ3n) is 1.71. The normalized spacial score (nSPS) is 9.58. The molecule has 0 atom stereocenters. The van der Waals surface area contributed by atoms with Crippen molar-refractivity contribution in [2.45, 2.75) is 13.8 Å². The van der Waals surface area contributed by atoms with E-state index in [1.54, 1.807) is 26.0 Å². The van der Waals surface area contributed by atoms with Crippen LogP contribution in [0.3, 0.4) is 0 Å². The van der Waals surface area contributed by atoms with Crippen LogP contribution in [0.2, 0.25) is 0 Å². The molecule has 0 aliphatic rings. The highest BCUT2D eigenvalue weighted by Crippen LogP contribution is 2.26. The lowest BCUT2D eigenvalue weighted by atomic mass is 10.1. The van der Waals surface area contributed by atoms with Crippen molar-refractivity contribution in [1.29, 1.82) is 0 Å². The highest BCUT2D eigenvalue weighted by Gasteiger charge is 2.04. The molecule has 64 valence electrons. The van der Waals surface area contributed by atoms with E-state index in [0.29, 0.717) is 11.4 Å². The van der Waals surface area contributed by atoms with Gasteiger partial charge in [-0.3, -0.25) is 10.7 Å². The molecule has 0 heterocycles. The molecule has 2 N–H and O–H groups in total. The highest BCUT2D eigenvalue weighted by atomic mass is 16.5. The van der Waals surface area contributed by atoms with Gasteiger partial charge in [-0.1, -0.05) is 0 Å². The van der Waals surface area contributed by atoms with Crippen molar-refractivity contribution in [3.05, 3.63) is 28.2 Å². The molecular weight excluding hydrogens is 156 g/mol. The van der Waals surface area contributed by atoms with Gasteiger partial charge in [0.15, 0.2) is 0 Å². The summed E-state index contributed by atoms with van der Waals surface area (Å²) >= 11 is 0. The molecule has 0 unspecified atom stereocenters. The van der Waals surface area contributed by atoms with E-state index in [2.05, 4.69) is 5.18 Å². The fraction of sp³-hybridized carbons (Fsp3) is 0.250. The van der Waals surface area contributed by atoms with Crippen LogP contribution < -0.4 is 5.48 Å². The molecule has 0 aliphatic carbocycles. The Hall–Kier alpha value is -1.42. The molecule has 0 bridgehead atoms. The Morgan fingerprint density at radius 2 is 1.83 bits per heavy atom. The maximum Gasteiger partial charge on any atom is 0.113 e. The number of hydrogen-bond acceptors (Lipinski definition) is 4. The van der Waals surface area contributed by atoms with Crippen LogP contribution in [0.1, 0.15) is 11.1 Å². The smallest absolute Gasteiger partial charge is 0.113 e. The van der Waals surface area contributed by atoms with Crippen molar-refractivity contribution in [2.24, 2.45) is 5.18 Å². The minimum absolute atomic E-state index is 0.439. The van der Waals surface area contributed by atoms with Crippen LogP contribution in [0.4, 0.5) is 11.4 Å². The average Bonchev–Trinajstić information content (AvgIpc) is 2.03. The second-order valence-corrected chi connectivity index (χ2v) is 2.66. The summed E-state index contributed by atoms with van der Waals surface area (Å²) in [5.74, 6) is 0. The Labute approximate surface area is 70.2 Å². The molecular formula is C8H10N2O2. The van der Waals surface area contributed by atoms with Crippen LogP contribution in [-0.4, -0.2) is 5.21 Å². The standard InChI is InChI=1S/C8H10N2O2/c1-5-3-7(9-11)4-6(2)8(5)10-12/h3-4,9,11H,1-2H3. The summed E-state index contributed by atoms with van der Waals surface area (Å²) in [7, 11) is 0. The molecule has 0 amide bonds. The molecule has 0 aliphatic heterocycles. The molecule has 0 spiro atoms. The zero-order valence-electron chi connectivity index (χ0n) is 6.96. The van der Waals surface area contributed by atoms with Gasteiger partial charge in [0.05, 0.1) is 5.69 Å². The second-order valence-electron chi connectivity index (χ2n) is 2.66. The average molecular weight is 166 g/mol. The van der Waals surface area contributed by atoms with Gasteiger partial charge < -0.3 is 0 Å². The molecule has 4 heteroatoms. The van der Waals surface area contributed by atoms with Gasteiger partial charge in [0.1, 0.15) is 5.69 Å². The van der Waals surface area contributed by atoms with E-state index in [9.17, 15) is 4.91 Å². The molecule has 12 heavy (non-hydrogen) atoms. The van der Waals surface area contributed by atoms with E-state index in [1.807, 2.05) is 5.48 Å². The molecule has 1 aromatic carbocycles. The number of nitroso groups, excluding NO2 is 1. The first kappa shape index (κ1) is 8.67. The van der Waals surface area contributed by atoms with Crippen molar-refractivity contribution in [2.75, 3.05) is 5.48 Å². The number of nitrogens with zero attached hydrogens (tertiary/aromatic N) is 1. The van der Waals surface area contributed by atoms with E-state index < -0.39 is 0 Å². The van der Waals surface area contributed by atoms with Gasteiger partial charge in [-0.2, -0.15) is 0 Å². The lowest BCUT2D eigenvalue weighted by Gasteiger charge is -2.04. The Morgan fingerprint density at radius 1 is 1.33 bits per heavy atom. The number of anilines is 1. The Kier molecular flexibility index (Phi) is 2.40. The summed E-state index contributed by atoms with van der Waals surface area (Å²) in [4.78, 5) is 10.3. The third kappa shape index (κ3) is 1.43. The SMILES string of the molecule is Cc1cc(NO)cc(C)c1N=O. The minimum atomic E-state index is 0.439. The molecule has 0 saturated carbocycles. The lowest BCUT2D eigenvalue weighted by Crippen LogP contribution is -1.91. The first-order chi connectivity index (χ1) is 5.69. The zero-order chi connectivity index (χ0) is 9.14. The van der Waals surface area contributed by atoms with E-state index in [1.165, 1.54) is 0 Å². The van der Waals surface area contributed by atoms with Gasteiger partial charge in [0, 0.05) is 0 Å². The van der Waals surface area contributed by atoms with Crippen LogP contribution >= 0.6 is 0 Å². The second kappa shape index (κ2) is 3.32. The molecule has 0 fully saturated rings. The van der Waals surface area contributed by atoms with Gasteiger partial charge in [-0.25, -0.2) is 0 Å². The van der Waals surface area contributed by atoms with Crippen molar-refractivity contribution < 1.29 is 5.21 Å². The van der Waals surface area contributed by atoms with Gasteiger partial charge in [0.2, 0.25) is 0 Å². The van der Waals surface area contributed by atoms with Gasteiger partial charge in [-0.05, 0) is 42.3 Å². The third-order valence-corrected chi connectivity index (χ3v) is 1.71. The van der Waals surface area contributed by atoms with Gasteiger partial charge >= 0.3 is 0 Å². The van der Waals surface area contributed by atoms with Crippen molar-refractivity contribution in [3.8, 4) is 0 Å². The molecule has 0 aromatic heterocycles. The van der Waals surface area contributed by atoms with Crippen LogP contribution in [-0.2, 0) is 0 Å². The molecule has 1 rings (SSSR count). The van der Waals surface area contributed by atoms with Crippen molar-refractivity contribution >= 4 is 11.4 Å². The summed E-state index contributed by atoms with van der Waals surface area (Å²) in [5.41, 5.74) is 4.53. The summed E-state index contributed by atoms with van der Waals surface area (Å²) in [5, 5.41) is 11.5. The van der Waals surface area contributed by atoms with Gasteiger partial charge in [0.25, 0.3) is 0 Å². The van der Waals surface area contributed by atoms with Crippen LogP contribution in [0.5, 0.6) is 0 Å². The van der Waals surface area contributed by atoms with Crippen molar-refractivity contribution in [3.63, 3.8) is 0 Å². The maximum absolute atomic E-state index is 10.3. The quantitative estimate of drug-likeness (QED) is 0.524. The summed E-state index contributed by atoms with van der Waals surface area (Å²) in [6.45, 7) is 3.54. The first-order valence-corrected chi connectivity index (χ1v) is 3.53. The minimum Gasteiger partial charge on any atom is -0.291 e. The van der Waals surface area contributed by atoms with E-state index in [-0.39, 0.29) is 0 Å². The topological polar surface area (TPSA) is 61.7 Å². The Morgan fingerprint density at radius 3 is 2.17 bits per heavy atom. The van der Waals surface area contributed by atoms with E-state index in [0.717, 1.165) is 11.1 Å². The van der Waals surface area contributed by atoms with Gasteiger partial charge in [-0.15, -0.1) is 4.91 Å². The molecule has 0 radical (unpaired) electrons. The Balaban J connectivity index is 3.27. The summed E-state index contributed by atoms with van der Waals surface area (Å²) in [6, 6.07) is 3.31. The Bertz CT molecular complexity index is 287. The number of nitrogens with one attached hydrogen (secondary N) is 1. The van der Waals surface area contributed by atoms with Crippen LogP contribution in [0.25, 0.3) is 0 Å². The van der Waals surface area contributed by atoms with Crippen LogP contribution in [0.15, 0.2) is 17.3 Å². The maximum atomic E-state index is 10.3. The largest absolute Gasteiger partial charge is 0.291 e. The predicted octanol–water partition coefficient (Wildman–Crippen LogP) is 2.50. The summed E-state index contributed by atoms with van der Waals surface area (Å²) in [6.07, 6.45) is 0. The predicted molar refractivity (Wildman–Crippen MR) is 46.8 cm³/mol. The fourth-order valence-electron chi connectivity index (χ4n) is 1.16. The van der Waals surface area contributed by atoms with Crippen LogP contribution in [0, 0.1) is 18.8 Å². The molecule has 4 nitrogen and oxygen atoms in total. The summed E-state index contributed by atoms with van der Waals surface area (Å²) < 4.78 is 0. The highest BCUT2D eigenvalue weighted by molar-refractivity contribution is 5.60. The number of rotatable bonds is 2. The lowest BCUT2D eigenvalue weighted by molar-refractivity contribution is 0.389. The number of hydrogen-bond donors (Lipinski definition) is 2. The monoisotopic (exact) mass is 166 g/mol. The molecule has 0 saturated heterocycles. The van der Waals surface area contributed by atoms with Crippen molar-refractivity contribution in [1.82, 2.24) is 0 Å². The number of benzene rings is 1. The molecule has 1 aromatic rings. The first-order valence-electron chi connectivity index (χ1n) is 3.53.